The molecular weight excluding hydrogens is 343 g/mol. The molecule has 0 atom stereocenters. The van der Waals surface area contributed by atoms with Crippen molar-refractivity contribution in [1.82, 2.24) is 0 Å². The Morgan fingerprint density at radius 2 is 0.714 bits per heavy atom. The van der Waals surface area contributed by atoms with E-state index in [9.17, 15) is 0 Å². The topological polar surface area (TPSA) is 0 Å². The van der Waals surface area contributed by atoms with Crippen molar-refractivity contribution in [2.24, 2.45) is 0 Å². The van der Waals surface area contributed by atoms with Crippen LogP contribution in [0, 0.1) is 0 Å². The largest absolute Gasteiger partial charge is 0 e. The predicted molar refractivity (Wildman–Crippen MR) is 43.7 cm³/mol. The Balaban J connectivity index is 0. The monoisotopic (exact) mass is 343 g/mol. The van der Waals surface area contributed by atoms with Crippen molar-refractivity contribution >= 4 is 76.7 Å². The minimum absolute atomic E-state index is 0. The Bertz CT molecular complexity index is 278. The second-order valence-electron chi connectivity index (χ2n) is 0.503. The van der Waals surface area contributed by atoms with Crippen LogP contribution >= 0.6 is 52.8 Å². The molecule has 0 amide bonds. The van der Waals surface area contributed by atoms with Gasteiger partial charge in [0, 0.05) is 23.9 Å². The molecule has 4 radical (unpaired) electrons. The number of hydrogen-bond acceptors (Lipinski definition) is 5. The van der Waals surface area contributed by atoms with Gasteiger partial charge in [-0.3, -0.25) is 0 Å². The van der Waals surface area contributed by atoms with Gasteiger partial charge in [0.25, 0.3) is 0 Å². The van der Waals surface area contributed by atoms with E-state index in [0.717, 1.165) is 0 Å². The first-order valence-electron chi connectivity index (χ1n) is 0.615. The van der Waals surface area contributed by atoms with Crippen LogP contribution in [0.5, 0.6) is 0 Å². The molecule has 0 fully saturated rings. The van der Waals surface area contributed by atoms with Gasteiger partial charge >= 0.3 is 56.4 Å². The number of rotatable bonds is 0. The zero-order chi connectivity index (χ0) is 5.45. The Labute approximate surface area is 78.9 Å². The summed E-state index contributed by atoms with van der Waals surface area (Å²) in [6.07, 6.45) is 0. The average molecular weight is 343 g/mol. The molecule has 0 aliphatic heterocycles. The minimum atomic E-state index is -2.90. The van der Waals surface area contributed by atoms with E-state index < -0.39 is 3.64 Å². The van der Waals surface area contributed by atoms with Crippen LogP contribution in [-0.2, 0) is 3.64 Å². The smallest absolute Gasteiger partial charge is 0 e. The molecule has 0 bridgehead atoms. The Morgan fingerprint density at radius 1 is 0.714 bits per heavy atom. The van der Waals surface area contributed by atoms with Crippen molar-refractivity contribution in [2.75, 3.05) is 0 Å². The second-order valence-corrected chi connectivity index (χ2v) is 18.6. The molecule has 0 aliphatic rings. The normalized spacial score (nSPS) is 15.7. The van der Waals surface area contributed by atoms with Gasteiger partial charge in [-0.05, 0) is 0 Å². The molecule has 0 aromatic rings. The standard InChI is InChI=1S/Cu.5S.Sn. The second kappa shape index (κ2) is 3.00. The Kier molecular flexibility index (Phi) is 5.20. The summed E-state index contributed by atoms with van der Waals surface area (Å²) in [5.41, 5.74) is 0. The third-order valence-electron chi connectivity index (χ3n) is 0. The molecular formula is CuS5Sn. The van der Waals surface area contributed by atoms with E-state index in [2.05, 4.69) is 52.8 Å². The van der Waals surface area contributed by atoms with E-state index in [-0.39, 0.29) is 23.9 Å². The molecule has 7 heteroatoms. The van der Waals surface area contributed by atoms with E-state index in [0.29, 0.717) is 0 Å². The van der Waals surface area contributed by atoms with Crippen LogP contribution in [0.4, 0.5) is 0 Å². The summed E-state index contributed by atoms with van der Waals surface area (Å²) < 4.78 is -2.90. The molecule has 0 saturated carbocycles. The molecule has 7 heavy (non-hydrogen) atoms. The van der Waals surface area contributed by atoms with Crippen LogP contribution in [0.1, 0.15) is 0 Å². The zero-order valence-corrected chi connectivity index (χ0v) is 10.7. The van der Waals surface area contributed by atoms with Crippen LogP contribution in [0.15, 0.2) is 0 Å². The first-order valence-corrected chi connectivity index (χ1v) is 7.61. The van der Waals surface area contributed by atoms with Gasteiger partial charge in [-0.1, -0.05) is 0 Å². The van der Waals surface area contributed by atoms with E-state index >= 15 is 0 Å². The quantitative estimate of drug-likeness (QED) is 0.619. The van der Waals surface area contributed by atoms with Crippen LogP contribution in [0.25, 0.3) is 0 Å². The first-order chi connectivity index (χ1) is 2.24. The summed E-state index contributed by atoms with van der Waals surface area (Å²) in [5.74, 6) is 0. The van der Waals surface area contributed by atoms with Gasteiger partial charge in [-0.15, -0.1) is 0 Å². The fourth-order valence-electron chi connectivity index (χ4n) is 0. The maximum Gasteiger partial charge on any atom is 0 e. The van der Waals surface area contributed by atoms with E-state index in [1.807, 2.05) is 0 Å². The average Bonchev–Trinajstić information content (AvgIpc) is 0.650. The summed E-state index contributed by atoms with van der Waals surface area (Å²) >= 11 is 0. The summed E-state index contributed by atoms with van der Waals surface area (Å²) in [5, 5.41) is 0. The minimum Gasteiger partial charge on any atom is 0 e. The fourth-order valence-corrected chi connectivity index (χ4v) is 0. The first kappa shape index (κ1) is 12.1. The van der Waals surface area contributed by atoms with E-state index in [1.54, 1.807) is 0 Å². The Morgan fingerprint density at radius 3 is 0.714 bits per heavy atom. The molecule has 0 spiro atoms. The molecule has 0 rings (SSSR count). The summed E-state index contributed by atoms with van der Waals surface area (Å²) in [4.78, 5) is 0. The molecule has 0 aromatic carbocycles. The van der Waals surface area contributed by atoms with Crippen LogP contribution in [-0.4, -0.2) is 23.9 Å². The fraction of sp³-hybridized carbons (Fsp3) is 0. The SMILES string of the molecule is [S]=[Cu](=[S])(=[S])(=[S])=[S].[Sn]. The molecule has 0 nitrogen and oxygen atoms in total. The molecule has 0 aromatic heterocycles. The molecule has 0 N–H and O–H groups in total. The van der Waals surface area contributed by atoms with Gasteiger partial charge in [-0.25, -0.2) is 0 Å². The summed E-state index contributed by atoms with van der Waals surface area (Å²) in [7, 11) is 22.0. The maximum atomic E-state index is 4.40. The van der Waals surface area contributed by atoms with E-state index in [4.69, 9.17) is 0 Å². The van der Waals surface area contributed by atoms with Crippen molar-refractivity contribution in [3.63, 3.8) is 0 Å². The maximum absolute atomic E-state index is 4.40. The van der Waals surface area contributed by atoms with Crippen molar-refractivity contribution in [2.45, 2.75) is 0 Å². The van der Waals surface area contributed by atoms with Gasteiger partial charge in [0.05, 0.1) is 0 Å². The van der Waals surface area contributed by atoms with Gasteiger partial charge < -0.3 is 0 Å². The van der Waals surface area contributed by atoms with Crippen LogP contribution in [0.2, 0.25) is 0 Å². The Hall–Kier alpha value is 2.42. The molecule has 45 valence electrons. The van der Waals surface area contributed by atoms with Crippen molar-refractivity contribution in [3.8, 4) is 0 Å². The van der Waals surface area contributed by atoms with Crippen molar-refractivity contribution < 1.29 is 3.64 Å². The molecule has 0 saturated heterocycles. The predicted octanol–water partition coefficient (Wildman–Crippen LogP) is 2.86. The van der Waals surface area contributed by atoms with Crippen LogP contribution < -0.4 is 0 Å². The summed E-state index contributed by atoms with van der Waals surface area (Å²) in [6, 6.07) is 0. The summed E-state index contributed by atoms with van der Waals surface area (Å²) in [6.45, 7) is 0. The third kappa shape index (κ3) is 59.3. The van der Waals surface area contributed by atoms with Gasteiger partial charge in [0.2, 0.25) is 0 Å². The van der Waals surface area contributed by atoms with Gasteiger partial charge in [0.15, 0.2) is 0 Å². The van der Waals surface area contributed by atoms with E-state index in [1.165, 1.54) is 0 Å². The molecule has 0 aliphatic carbocycles. The zero-order valence-electron chi connectivity index (χ0n) is 2.84. The van der Waals surface area contributed by atoms with Crippen molar-refractivity contribution in [1.29, 1.82) is 0 Å². The molecule has 0 unspecified atom stereocenters. The molecule has 0 heterocycles. The van der Waals surface area contributed by atoms with Crippen molar-refractivity contribution in [3.05, 3.63) is 0 Å². The number of hydrogen-bond donors (Lipinski definition) is 0. The van der Waals surface area contributed by atoms with Crippen LogP contribution in [0.3, 0.4) is 0 Å². The van der Waals surface area contributed by atoms with Gasteiger partial charge in [0.1, 0.15) is 0 Å². The third-order valence-corrected chi connectivity index (χ3v) is 0. The van der Waals surface area contributed by atoms with Gasteiger partial charge in [-0.2, -0.15) is 0 Å².